The number of nitro groups is 2. The Morgan fingerprint density at radius 1 is 1.38 bits per heavy atom. The van der Waals surface area contributed by atoms with Crippen molar-refractivity contribution in [1.29, 1.82) is 0 Å². The second-order valence-corrected chi connectivity index (χ2v) is 2.79. The molecule has 0 spiro atoms. The maximum Gasteiger partial charge on any atom is 0.345 e. The average Bonchev–Trinajstić information content (AvgIpc) is 2.66. The van der Waals surface area contributed by atoms with Crippen molar-refractivity contribution in [3.8, 4) is 0 Å². The van der Waals surface area contributed by atoms with Gasteiger partial charge in [-0.15, -0.1) is 5.01 Å². The van der Waals surface area contributed by atoms with Crippen molar-refractivity contribution < 1.29 is 15.0 Å². The van der Waals surface area contributed by atoms with Crippen molar-refractivity contribution in [3.05, 3.63) is 44.9 Å². The van der Waals surface area contributed by atoms with Crippen LogP contribution in [-0.2, 0) is 0 Å². The summed E-state index contributed by atoms with van der Waals surface area (Å²) in [5.74, 6) is 0. The standard InChI is InChI=1S/C5H3N6O5/c12-5-3(11(15)16)1-2(10(13)14)4-6-7-8-9(4)5/h1,5,12H. The van der Waals surface area contributed by atoms with E-state index in [0.717, 1.165) is 0 Å². The molecule has 2 rings (SSSR count). The van der Waals surface area contributed by atoms with Gasteiger partial charge in [0.05, 0.1) is 0 Å². The molecule has 0 aliphatic carbocycles. The van der Waals surface area contributed by atoms with E-state index in [9.17, 15) is 25.3 Å². The average molecular weight is 227 g/mol. The zero-order valence-corrected chi connectivity index (χ0v) is 7.42. The minimum absolute atomic E-state index is 0.330. The van der Waals surface area contributed by atoms with Crippen molar-refractivity contribution >= 4 is 0 Å². The van der Waals surface area contributed by atoms with Crippen LogP contribution in [-0.4, -0.2) is 26.2 Å². The number of nitrogens with zero attached hydrogens (tertiary/aromatic N) is 6. The Kier molecular flexibility index (Phi) is 2.69. The summed E-state index contributed by atoms with van der Waals surface area (Å²) in [4.78, 5) is 19.3. The Morgan fingerprint density at radius 3 is 2.62 bits per heavy atom. The van der Waals surface area contributed by atoms with Gasteiger partial charge in [0, 0.05) is 9.85 Å². The van der Waals surface area contributed by atoms with Gasteiger partial charge in [-0.1, -0.05) is 5.43 Å². The molecule has 2 fully saturated rings. The first-order chi connectivity index (χ1) is 7.52. The summed E-state index contributed by atoms with van der Waals surface area (Å²) in [6.07, 6.45) is -1.43. The first-order valence-electron chi connectivity index (χ1n) is 3.86. The Bertz CT molecular complexity index is 324. The lowest BCUT2D eigenvalue weighted by Crippen LogP contribution is -2.53. The topological polar surface area (TPSA) is 152 Å². The molecule has 0 aromatic carbocycles. The highest BCUT2D eigenvalue weighted by Gasteiger charge is 2.61. The Hall–Kier alpha value is -1.40. The lowest BCUT2D eigenvalue weighted by Gasteiger charge is -2.29. The summed E-state index contributed by atoms with van der Waals surface area (Å²) in [5.41, 5.74) is 9.64. The van der Waals surface area contributed by atoms with E-state index in [2.05, 4.69) is 16.5 Å². The number of rotatable bonds is 2. The fourth-order valence-electron chi connectivity index (χ4n) is 1.21. The van der Waals surface area contributed by atoms with Crippen LogP contribution in [0, 0.1) is 44.9 Å². The Balaban J connectivity index is 2.23. The van der Waals surface area contributed by atoms with E-state index in [1.807, 2.05) is 0 Å². The quantitative estimate of drug-likeness (QED) is 0.406. The van der Waals surface area contributed by atoms with Crippen LogP contribution in [0.4, 0.5) is 0 Å². The lowest BCUT2D eigenvalue weighted by molar-refractivity contribution is -0.503. The van der Waals surface area contributed by atoms with E-state index in [4.69, 9.17) is 0 Å². The second kappa shape index (κ2) is 3.88. The number of aliphatic hydroxyl groups excluding tert-OH is 1. The monoisotopic (exact) mass is 227 g/mol. The zero-order chi connectivity index (χ0) is 11.9. The van der Waals surface area contributed by atoms with Crippen molar-refractivity contribution in [3.63, 3.8) is 0 Å². The van der Waals surface area contributed by atoms with Gasteiger partial charge in [0.15, 0.2) is 0 Å². The van der Waals surface area contributed by atoms with Gasteiger partial charge in [-0.3, -0.25) is 20.2 Å². The van der Waals surface area contributed by atoms with Gasteiger partial charge in [-0.2, -0.15) is 0 Å². The molecule has 0 aromatic heterocycles. The van der Waals surface area contributed by atoms with Crippen LogP contribution in [0.1, 0.15) is 0 Å². The molecule has 2 saturated heterocycles. The highest BCUT2D eigenvalue weighted by Crippen LogP contribution is 2.37. The van der Waals surface area contributed by atoms with Crippen LogP contribution in [0.25, 0.3) is 0 Å². The third kappa shape index (κ3) is 1.60. The van der Waals surface area contributed by atoms with E-state index in [0.29, 0.717) is 11.4 Å². The number of fused-ring (bicyclic) bond motifs is 1. The van der Waals surface area contributed by atoms with E-state index >= 15 is 0 Å². The molecule has 0 aromatic rings. The molecule has 1 unspecified atom stereocenters. The van der Waals surface area contributed by atoms with Crippen LogP contribution in [0.3, 0.4) is 0 Å². The smallest absolute Gasteiger partial charge is 0.345 e. The van der Waals surface area contributed by atoms with Gasteiger partial charge in [0.25, 0.3) is 0 Å². The summed E-state index contributed by atoms with van der Waals surface area (Å²) in [6.45, 7) is 0. The fraction of sp³-hybridized carbons (Fsp3) is 0.200. The molecule has 83 valence electrons. The van der Waals surface area contributed by atoms with E-state index < -0.39 is 28.2 Å². The van der Waals surface area contributed by atoms with Crippen LogP contribution in [0.15, 0.2) is 0 Å². The van der Waals surface area contributed by atoms with E-state index in [-0.39, 0.29) is 6.17 Å². The minimum atomic E-state index is -1.73. The summed E-state index contributed by atoms with van der Waals surface area (Å²) >= 11 is 0. The van der Waals surface area contributed by atoms with E-state index in [1.54, 1.807) is 0 Å². The largest absolute Gasteiger partial charge is 0.370 e. The second-order valence-electron chi connectivity index (χ2n) is 2.79. The van der Waals surface area contributed by atoms with Crippen LogP contribution in [0.2, 0.25) is 0 Å². The maximum absolute atomic E-state index is 10.6. The molecule has 1 atom stereocenters. The predicted octanol–water partition coefficient (Wildman–Crippen LogP) is -2.50. The molecular formula is C5H3N6O5. The highest BCUT2D eigenvalue weighted by atomic mass is 16.6. The van der Waals surface area contributed by atoms with Crippen LogP contribution in [0.5, 0.6) is 0 Å². The summed E-state index contributed by atoms with van der Waals surface area (Å²) in [7, 11) is 0. The molecule has 2 aliphatic rings. The number of aliphatic hydroxyl groups is 1. The molecule has 16 heavy (non-hydrogen) atoms. The fourth-order valence-corrected chi connectivity index (χ4v) is 1.21. The molecule has 2 aliphatic heterocycles. The zero-order valence-electron chi connectivity index (χ0n) is 7.42. The normalized spacial score (nSPS) is 29.2. The first-order valence-corrected chi connectivity index (χ1v) is 3.86. The number of hydrogen-bond acceptors (Lipinski definition) is 6. The van der Waals surface area contributed by atoms with E-state index in [1.165, 1.54) is 0 Å². The summed E-state index contributed by atoms with van der Waals surface area (Å²) in [6, 6.07) is -1.39. The molecule has 0 amide bonds. The maximum atomic E-state index is 10.6. The van der Waals surface area contributed by atoms with Gasteiger partial charge < -0.3 is 5.11 Å². The van der Waals surface area contributed by atoms with Gasteiger partial charge in [0.1, 0.15) is 6.42 Å². The van der Waals surface area contributed by atoms with Gasteiger partial charge in [0.2, 0.25) is 12.4 Å². The third-order valence-electron chi connectivity index (χ3n) is 1.91. The third-order valence-corrected chi connectivity index (χ3v) is 1.91. The molecule has 1 N–H and O–H groups in total. The summed E-state index contributed by atoms with van der Waals surface area (Å²) < 4.78 is 0. The number of piperidine rings is 1. The van der Waals surface area contributed by atoms with Gasteiger partial charge in [-0.25, -0.2) is 0 Å². The molecule has 11 heteroatoms. The van der Waals surface area contributed by atoms with Crippen molar-refractivity contribution in [2.24, 2.45) is 0 Å². The van der Waals surface area contributed by atoms with Crippen molar-refractivity contribution in [2.45, 2.75) is 6.23 Å². The predicted molar refractivity (Wildman–Crippen MR) is 42.3 cm³/mol. The van der Waals surface area contributed by atoms with Crippen LogP contribution >= 0.6 is 0 Å². The molecule has 11 nitrogen and oxygen atoms in total. The van der Waals surface area contributed by atoms with Gasteiger partial charge in [-0.05, 0) is 11.1 Å². The Morgan fingerprint density at radius 2 is 2.06 bits per heavy atom. The Labute approximate surface area is 88.6 Å². The molecule has 7 radical (unpaired) electrons. The lowest BCUT2D eigenvalue weighted by atomic mass is 9.98. The van der Waals surface area contributed by atoms with Crippen molar-refractivity contribution in [2.75, 3.05) is 0 Å². The molecule has 0 bridgehead atoms. The molecule has 2 heterocycles. The van der Waals surface area contributed by atoms with Crippen molar-refractivity contribution in [1.82, 2.24) is 21.5 Å². The molecular weight excluding hydrogens is 224 g/mol. The van der Waals surface area contributed by atoms with Gasteiger partial charge >= 0.3 is 12.1 Å². The summed E-state index contributed by atoms with van der Waals surface area (Å²) in [5, 5.41) is 31.2. The van der Waals surface area contributed by atoms with Crippen LogP contribution < -0.4 is 16.5 Å². The number of hydrogen-bond donors (Lipinski definition) is 1. The first kappa shape index (κ1) is 11.1. The molecule has 0 saturated carbocycles. The SMILES string of the molecule is O=[N+]([O-])[C]1[CH][C]([N+](=O)[O-])C(O)N2[N][N][N][C]12. The highest BCUT2D eigenvalue weighted by molar-refractivity contribution is 5.28. The minimum Gasteiger partial charge on any atom is -0.370 e.